The molecule has 0 saturated carbocycles. The molecule has 0 aromatic heterocycles. The van der Waals surface area contributed by atoms with Crippen LogP contribution in [0.5, 0.6) is 0 Å². The lowest BCUT2D eigenvalue weighted by Crippen LogP contribution is -2.44. The summed E-state index contributed by atoms with van der Waals surface area (Å²) in [7, 11) is -3.19. The first-order chi connectivity index (χ1) is 10.1. The Hall–Kier alpha value is -0.910. The molecule has 118 valence electrons. The van der Waals surface area contributed by atoms with E-state index in [0.29, 0.717) is 13.0 Å². The maximum absolute atomic E-state index is 12.1. The van der Waals surface area contributed by atoms with Crippen LogP contribution in [0.25, 0.3) is 0 Å². The van der Waals surface area contributed by atoms with Gasteiger partial charge in [0, 0.05) is 12.6 Å². The summed E-state index contributed by atoms with van der Waals surface area (Å²) in [6.45, 7) is 4.79. The Kier molecular flexibility index (Phi) is 6.21. The number of hydrogen-bond donors (Lipinski definition) is 1. The van der Waals surface area contributed by atoms with Gasteiger partial charge in [0.1, 0.15) is 0 Å². The van der Waals surface area contributed by atoms with E-state index in [1.807, 2.05) is 30.3 Å². The molecule has 1 aliphatic heterocycles. The predicted molar refractivity (Wildman–Crippen MR) is 86.8 cm³/mol. The van der Waals surface area contributed by atoms with Crippen molar-refractivity contribution in [2.75, 3.05) is 25.4 Å². The van der Waals surface area contributed by atoms with E-state index in [4.69, 9.17) is 0 Å². The van der Waals surface area contributed by atoms with Crippen LogP contribution in [-0.4, -0.2) is 44.7 Å². The maximum Gasteiger partial charge on any atom is 0.211 e. The smallest absolute Gasteiger partial charge is 0.211 e. The molecule has 0 radical (unpaired) electrons. The van der Waals surface area contributed by atoms with Gasteiger partial charge >= 0.3 is 0 Å². The molecule has 1 heterocycles. The molecule has 0 aliphatic carbocycles. The molecule has 1 saturated heterocycles. The summed E-state index contributed by atoms with van der Waals surface area (Å²) in [6.07, 6.45) is 4.32. The lowest BCUT2D eigenvalue weighted by molar-refractivity contribution is 0.175. The summed E-state index contributed by atoms with van der Waals surface area (Å²) < 4.78 is 26.9. The van der Waals surface area contributed by atoms with E-state index >= 15 is 0 Å². The molecule has 1 unspecified atom stereocenters. The first kappa shape index (κ1) is 16.5. The van der Waals surface area contributed by atoms with Crippen molar-refractivity contribution in [3.05, 3.63) is 35.9 Å². The molecule has 0 spiro atoms. The predicted octanol–water partition coefficient (Wildman–Crippen LogP) is 2.02. The average molecular weight is 310 g/mol. The fourth-order valence-corrected chi connectivity index (χ4v) is 3.85. The Bertz CT molecular complexity index is 510. The van der Waals surface area contributed by atoms with Crippen LogP contribution in [0.2, 0.25) is 0 Å². The number of benzene rings is 1. The van der Waals surface area contributed by atoms with E-state index in [0.717, 1.165) is 18.7 Å². The minimum Gasteiger partial charge on any atom is -0.299 e. The minimum absolute atomic E-state index is 0.156. The third kappa shape index (κ3) is 5.77. The SMILES string of the molecule is CC(CNS(=O)(=O)CCc1ccccc1)N1CCCCC1. The summed E-state index contributed by atoms with van der Waals surface area (Å²) in [6, 6.07) is 10.0. The normalized spacial score (nSPS) is 18.5. The van der Waals surface area contributed by atoms with Gasteiger partial charge in [-0.15, -0.1) is 0 Å². The van der Waals surface area contributed by atoms with Gasteiger partial charge in [0.15, 0.2) is 0 Å². The number of nitrogens with zero attached hydrogens (tertiary/aromatic N) is 1. The van der Waals surface area contributed by atoms with Crippen molar-refractivity contribution in [3.63, 3.8) is 0 Å². The number of likely N-dealkylation sites (tertiary alicyclic amines) is 1. The van der Waals surface area contributed by atoms with Crippen LogP contribution in [0.15, 0.2) is 30.3 Å². The highest BCUT2D eigenvalue weighted by Crippen LogP contribution is 2.11. The van der Waals surface area contributed by atoms with Crippen LogP contribution in [0, 0.1) is 0 Å². The zero-order valence-corrected chi connectivity index (χ0v) is 13.6. The van der Waals surface area contributed by atoms with Gasteiger partial charge in [-0.05, 0) is 44.8 Å². The number of nitrogens with one attached hydrogen (secondary N) is 1. The highest BCUT2D eigenvalue weighted by atomic mass is 32.2. The zero-order valence-electron chi connectivity index (χ0n) is 12.8. The maximum atomic E-state index is 12.1. The Labute approximate surface area is 128 Å². The molecule has 0 amide bonds. The summed E-state index contributed by atoms with van der Waals surface area (Å²) in [5.74, 6) is 0.156. The van der Waals surface area contributed by atoms with E-state index in [1.165, 1.54) is 19.3 Å². The average Bonchev–Trinajstić information content (AvgIpc) is 2.53. The molecule has 5 heteroatoms. The van der Waals surface area contributed by atoms with E-state index in [-0.39, 0.29) is 11.8 Å². The molecular weight excluding hydrogens is 284 g/mol. The molecule has 1 aliphatic rings. The van der Waals surface area contributed by atoms with E-state index < -0.39 is 10.0 Å². The fourth-order valence-electron chi connectivity index (χ4n) is 2.70. The van der Waals surface area contributed by atoms with Gasteiger partial charge in [0.05, 0.1) is 5.75 Å². The lowest BCUT2D eigenvalue weighted by Gasteiger charge is -2.32. The Morgan fingerprint density at radius 1 is 1.14 bits per heavy atom. The van der Waals surface area contributed by atoms with Crippen LogP contribution in [0.4, 0.5) is 0 Å². The topological polar surface area (TPSA) is 49.4 Å². The van der Waals surface area contributed by atoms with Gasteiger partial charge in [0.2, 0.25) is 10.0 Å². The molecule has 1 fully saturated rings. The highest BCUT2D eigenvalue weighted by Gasteiger charge is 2.18. The number of sulfonamides is 1. The summed E-state index contributed by atoms with van der Waals surface area (Å²) in [4.78, 5) is 2.38. The van der Waals surface area contributed by atoms with Crippen molar-refractivity contribution < 1.29 is 8.42 Å². The van der Waals surface area contributed by atoms with Gasteiger partial charge in [-0.25, -0.2) is 13.1 Å². The zero-order chi connectivity index (χ0) is 15.1. The Morgan fingerprint density at radius 2 is 1.81 bits per heavy atom. The third-order valence-corrected chi connectivity index (χ3v) is 5.46. The molecule has 1 atom stereocenters. The second-order valence-corrected chi connectivity index (χ2v) is 7.78. The first-order valence-electron chi connectivity index (χ1n) is 7.82. The van der Waals surface area contributed by atoms with Gasteiger partial charge in [-0.2, -0.15) is 0 Å². The van der Waals surface area contributed by atoms with Crippen molar-refractivity contribution in [2.24, 2.45) is 0 Å². The fraction of sp³-hybridized carbons (Fsp3) is 0.625. The van der Waals surface area contributed by atoms with Crippen molar-refractivity contribution in [1.29, 1.82) is 0 Å². The number of piperidine rings is 1. The van der Waals surface area contributed by atoms with Gasteiger partial charge in [0.25, 0.3) is 0 Å². The van der Waals surface area contributed by atoms with E-state index in [2.05, 4.69) is 16.5 Å². The van der Waals surface area contributed by atoms with Gasteiger partial charge < -0.3 is 0 Å². The molecule has 0 bridgehead atoms. The van der Waals surface area contributed by atoms with Crippen molar-refractivity contribution in [2.45, 2.75) is 38.6 Å². The summed E-state index contributed by atoms with van der Waals surface area (Å²) in [5.41, 5.74) is 1.06. The molecule has 2 rings (SSSR count). The van der Waals surface area contributed by atoms with Crippen LogP contribution < -0.4 is 4.72 Å². The van der Waals surface area contributed by atoms with Gasteiger partial charge in [-0.1, -0.05) is 36.8 Å². The van der Waals surface area contributed by atoms with E-state index in [9.17, 15) is 8.42 Å². The molecule has 1 aromatic carbocycles. The van der Waals surface area contributed by atoms with Crippen LogP contribution in [-0.2, 0) is 16.4 Å². The van der Waals surface area contributed by atoms with Crippen molar-refractivity contribution >= 4 is 10.0 Å². The minimum atomic E-state index is -3.19. The summed E-state index contributed by atoms with van der Waals surface area (Å²) >= 11 is 0. The number of rotatable bonds is 7. The van der Waals surface area contributed by atoms with Crippen LogP contribution in [0.1, 0.15) is 31.7 Å². The van der Waals surface area contributed by atoms with Crippen molar-refractivity contribution in [1.82, 2.24) is 9.62 Å². The highest BCUT2D eigenvalue weighted by molar-refractivity contribution is 7.89. The Balaban J connectivity index is 1.75. The van der Waals surface area contributed by atoms with Gasteiger partial charge in [-0.3, -0.25) is 4.90 Å². The lowest BCUT2D eigenvalue weighted by atomic mass is 10.1. The second kappa shape index (κ2) is 7.92. The number of hydrogen-bond acceptors (Lipinski definition) is 3. The molecular formula is C16H26N2O2S. The molecule has 21 heavy (non-hydrogen) atoms. The van der Waals surface area contributed by atoms with Crippen molar-refractivity contribution in [3.8, 4) is 0 Å². The molecule has 4 nitrogen and oxygen atoms in total. The quantitative estimate of drug-likeness (QED) is 0.838. The van der Waals surface area contributed by atoms with E-state index in [1.54, 1.807) is 0 Å². The van der Waals surface area contributed by atoms with Crippen LogP contribution in [0.3, 0.4) is 0 Å². The largest absolute Gasteiger partial charge is 0.299 e. The second-order valence-electron chi connectivity index (χ2n) is 5.85. The number of aryl methyl sites for hydroxylation is 1. The monoisotopic (exact) mass is 310 g/mol. The van der Waals surface area contributed by atoms with Crippen LogP contribution >= 0.6 is 0 Å². The molecule has 1 N–H and O–H groups in total. The first-order valence-corrected chi connectivity index (χ1v) is 9.47. The standard InChI is InChI=1S/C16H26N2O2S/c1-15(18-11-6-3-7-12-18)14-17-21(19,20)13-10-16-8-4-2-5-9-16/h2,4-5,8-9,15,17H,3,6-7,10-14H2,1H3. The Morgan fingerprint density at radius 3 is 2.48 bits per heavy atom. The molecule has 1 aromatic rings. The third-order valence-electron chi connectivity index (χ3n) is 4.11. The summed E-state index contributed by atoms with van der Waals surface area (Å²) in [5, 5.41) is 0.